The number of nitrogens with zero attached hydrogens (tertiary/aromatic N) is 3. The third-order valence-electron chi connectivity index (χ3n) is 5.03. The molecule has 3 heterocycles. The predicted octanol–water partition coefficient (Wildman–Crippen LogP) is 2.85. The average molecular weight is 406 g/mol. The zero-order chi connectivity index (χ0) is 21.1. The van der Waals surface area contributed by atoms with Crippen LogP contribution in [0.15, 0.2) is 60.9 Å². The molecule has 154 valence electrons. The lowest BCUT2D eigenvalue weighted by atomic mass is 10.0. The van der Waals surface area contributed by atoms with Crippen LogP contribution in [-0.2, 0) is 0 Å². The quantitative estimate of drug-likeness (QED) is 0.615. The number of aromatic nitrogens is 2. The van der Waals surface area contributed by atoms with Gasteiger partial charge in [0.05, 0.1) is 29.0 Å². The van der Waals surface area contributed by atoms with Gasteiger partial charge in [0.1, 0.15) is 6.17 Å². The fraction of sp³-hybridized carbons (Fsp3) is 0.227. The summed E-state index contributed by atoms with van der Waals surface area (Å²) in [7, 11) is 0. The van der Waals surface area contributed by atoms with Gasteiger partial charge in [0.15, 0.2) is 5.69 Å². The minimum atomic E-state index is -1.02. The first kappa shape index (κ1) is 19.8. The number of amides is 1. The van der Waals surface area contributed by atoms with E-state index in [0.29, 0.717) is 30.0 Å². The standard InChI is InChI=1S/C22H23FN6O/c23-15-10-16(24)13-29(12-15)20-8-9-26-11-19(20)28-22(30)21-17(25)6-7-18(27-21)14-4-2-1-3-5-14/h1-9,11,15-16H,10,12-13,24-25H2,(H,28,30)/t15-,16+/m1/s1. The van der Waals surface area contributed by atoms with Crippen molar-refractivity contribution < 1.29 is 9.18 Å². The number of pyridine rings is 2. The van der Waals surface area contributed by atoms with Crippen LogP contribution in [0.2, 0.25) is 0 Å². The van der Waals surface area contributed by atoms with Gasteiger partial charge >= 0.3 is 0 Å². The van der Waals surface area contributed by atoms with Crippen LogP contribution in [0.5, 0.6) is 0 Å². The molecule has 0 radical (unpaired) electrons. The number of piperidine rings is 1. The lowest BCUT2D eigenvalue weighted by molar-refractivity contribution is 0.102. The minimum Gasteiger partial charge on any atom is -0.397 e. The van der Waals surface area contributed by atoms with Crippen molar-refractivity contribution in [1.29, 1.82) is 0 Å². The monoisotopic (exact) mass is 406 g/mol. The fourth-order valence-electron chi connectivity index (χ4n) is 3.63. The van der Waals surface area contributed by atoms with Gasteiger partial charge in [-0.3, -0.25) is 9.78 Å². The molecule has 4 rings (SSSR count). The Labute approximate surface area is 173 Å². The summed E-state index contributed by atoms with van der Waals surface area (Å²) in [5.74, 6) is -0.461. The van der Waals surface area contributed by atoms with Gasteiger partial charge in [-0.2, -0.15) is 0 Å². The SMILES string of the molecule is Nc1ccc(-c2ccccc2)nc1C(=O)Nc1cnccc1N1C[C@@H](N)C[C@@H](F)C1. The van der Waals surface area contributed by atoms with Crippen LogP contribution in [0.4, 0.5) is 21.5 Å². The van der Waals surface area contributed by atoms with E-state index in [9.17, 15) is 9.18 Å². The number of carbonyl (C=O) groups excluding carboxylic acids is 1. The van der Waals surface area contributed by atoms with E-state index in [0.717, 1.165) is 5.56 Å². The molecule has 7 nitrogen and oxygen atoms in total. The molecule has 2 atom stereocenters. The Morgan fingerprint density at radius 1 is 1.13 bits per heavy atom. The Kier molecular flexibility index (Phi) is 5.58. The van der Waals surface area contributed by atoms with E-state index in [1.165, 1.54) is 6.20 Å². The van der Waals surface area contributed by atoms with Crippen LogP contribution in [0.1, 0.15) is 16.9 Å². The first-order valence-corrected chi connectivity index (χ1v) is 9.73. The Balaban J connectivity index is 1.61. The molecule has 30 heavy (non-hydrogen) atoms. The maximum Gasteiger partial charge on any atom is 0.276 e. The number of alkyl halides is 1. The topological polar surface area (TPSA) is 110 Å². The number of halogens is 1. The highest BCUT2D eigenvalue weighted by Gasteiger charge is 2.27. The van der Waals surface area contributed by atoms with Gasteiger partial charge in [-0.1, -0.05) is 30.3 Å². The summed E-state index contributed by atoms with van der Waals surface area (Å²) in [5.41, 5.74) is 15.0. The van der Waals surface area contributed by atoms with Gasteiger partial charge in [-0.15, -0.1) is 0 Å². The van der Waals surface area contributed by atoms with Gasteiger partial charge in [0.2, 0.25) is 0 Å². The molecule has 1 saturated heterocycles. The van der Waals surface area contributed by atoms with Crippen molar-refractivity contribution in [1.82, 2.24) is 9.97 Å². The van der Waals surface area contributed by atoms with Crippen molar-refractivity contribution in [3.8, 4) is 11.3 Å². The largest absolute Gasteiger partial charge is 0.397 e. The number of nitrogens with one attached hydrogen (secondary N) is 1. The molecule has 1 aliphatic rings. The molecule has 5 N–H and O–H groups in total. The number of nitrogen functional groups attached to an aromatic ring is 1. The van der Waals surface area contributed by atoms with Crippen molar-refractivity contribution >= 4 is 23.0 Å². The molecule has 0 saturated carbocycles. The maximum atomic E-state index is 14.0. The number of hydrogen-bond acceptors (Lipinski definition) is 6. The normalized spacial score (nSPS) is 18.8. The van der Waals surface area contributed by atoms with E-state index in [-0.39, 0.29) is 24.0 Å². The number of hydrogen-bond donors (Lipinski definition) is 3. The molecule has 0 bridgehead atoms. The van der Waals surface area contributed by atoms with Crippen LogP contribution in [0.25, 0.3) is 11.3 Å². The fourth-order valence-corrected chi connectivity index (χ4v) is 3.63. The Morgan fingerprint density at radius 3 is 2.70 bits per heavy atom. The lowest BCUT2D eigenvalue weighted by Gasteiger charge is -2.35. The third kappa shape index (κ3) is 4.23. The van der Waals surface area contributed by atoms with Crippen molar-refractivity contribution in [2.45, 2.75) is 18.6 Å². The van der Waals surface area contributed by atoms with Crippen LogP contribution in [0.3, 0.4) is 0 Å². The molecule has 8 heteroatoms. The van der Waals surface area contributed by atoms with Crippen LogP contribution in [0, 0.1) is 0 Å². The summed E-state index contributed by atoms with van der Waals surface area (Å²) < 4.78 is 14.0. The summed E-state index contributed by atoms with van der Waals surface area (Å²) in [6.07, 6.45) is 2.43. The smallest absolute Gasteiger partial charge is 0.276 e. The van der Waals surface area contributed by atoms with Crippen LogP contribution >= 0.6 is 0 Å². The molecule has 2 aromatic heterocycles. The highest BCUT2D eigenvalue weighted by atomic mass is 19.1. The molecule has 3 aromatic rings. The zero-order valence-electron chi connectivity index (χ0n) is 16.3. The number of anilines is 3. The van der Waals surface area contributed by atoms with Gasteiger partial charge in [-0.25, -0.2) is 9.37 Å². The molecule has 0 aliphatic carbocycles. The third-order valence-corrected chi connectivity index (χ3v) is 5.03. The van der Waals surface area contributed by atoms with Crippen molar-refractivity contribution in [3.63, 3.8) is 0 Å². The first-order chi connectivity index (χ1) is 14.5. The Morgan fingerprint density at radius 2 is 1.93 bits per heavy atom. The van der Waals surface area contributed by atoms with Crippen LogP contribution in [-0.4, -0.2) is 41.2 Å². The van der Waals surface area contributed by atoms with E-state index < -0.39 is 12.1 Å². The number of rotatable bonds is 4. The van der Waals surface area contributed by atoms with Crippen molar-refractivity contribution in [2.75, 3.05) is 29.0 Å². The second-order valence-corrected chi connectivity index (χ2v) is 7.35. The predicted molar refractivity (Wildman–Crippen MR) is 116 cm³/mol. The molecule has 1 aromatic carbocycles. The Bertz CT molecular complexity index is 1030. The first-order valence-electron chi connectivity index (χ1n) is 9.73. The summed E-state index contributed by atoms with van der Waals surface area (Å²) >= 11 is 0. The molecule has 1 amide bonds. The second kappa shape index (κ2) is 8.46. The molecule has 0 unspecified atom stereocenters. The summed E-state index contributed by atoms with van der Waals surface area (Å²) in [5, 5.41) is 2.82. The highest BCUT2D eigenvalue weighted by Crippen LogP contribution is 2.29. The molecular weight excluding hydrogens is 383 g/mol. The van der Waals surface area contributed by atoms with Gasteiger partial charge in [-0.05, 0) is 24.6 Å². The molecular formula is C22H23FN6O. The van der Waals surface area contributed by atoms with E-state index in [1.807, 2.05) is 35.2 Å². The van der Waals surface area contributed by atoms with Gasteiger partial charge < -0.3 is 21.7 Å². The summed E-state index contributed by atoms with van der Waals surface area (Å²) in [6.45, 7) is 0.710. The van der Waals surface area contributed by atoms with Crippen molar-refractivity contribution in [3.05, 3.63) is 66.6 Å². The zero-order valence-corrected chi connectivity index (χ0v) is 16.3. The van der Waals surface area contributed by atoms with E-state index in [2.05, 4.69) is 15.3 Å². The second-order valence-electron chi connectivity index (χ2n) is 7.35. The summed E-state index contributed by atoms with van der Waals surface area (Å²) in [6, 6.07) is 14.4. The summed E-state index contributed by atoms with van der Waals surface area (Å²) in [4.78, 5) is 23.4. The molecule has 0 spiro atoms. The minimum absolute atomic E-state index is 0.116. The lowest BCUT2D eigenvalue weighted by Crippen LogP contribution is -2.48. The van der Waals surface area contributed by atoms with Gasteiger partial charge in [0.25, 0.3) is 5.91 Å². The highest BCUT2D eigenvalue weighted by molar-refractivity contribution is 6.07. The van der Waals surface area contributed by atoms with Gasteiger partial charge in [0, 0.05) is 30.9 Å². The Hall–Kier alpha value is -3.52. The number of benzene rings is 1. The molecule has 1 aliphatic heterocycles. The van der Waals surface area contributed by atoms with E-state index in [4.69, 9.17) is 11.5 Å². The average Bonchev–Trinajstić information content (AvgIpc) is 2.74. The molecule has 1 fully saturated rings. The van der Waals surface area contributed by atoms with E-state index in [1.54, 1.807) is 24.4 Å². The van der Waals surface area contributed by atoms with Crippen LogP contribution < -0.4 is 21.7 Å². The van der Waals surface area contributed by atoms with E-state index >= 15 is 0 Å². The maximum absolute atomic E-state index is 14.0. The van der Waals surface area contributed by atoms with Crippen molar-refractivity contribution in [2.24, 2.45) is 5.73 Å². The number of nitrogens with two attached hydrogens (primary N) is 2. The number of carbonyl (C=O) groups is 1.